The van der Waals surface area contributed by atoms with Crippen molar-refractivity contribution in [3.05, 3.63) is 0 Å². The van der Waals surface area contributed by atoms with Gasteiger partial charge in [0, 0.05) is 26.2 Å². The fraction of sp³-hybridized carbons (Fsp3) is 0.900. The van der Waals surface area contributed by atoms with Gasteiger partial charge in [0.2, 0.25) is 11.8 Å². The van der Waals surface area contributed by atoms with E-state index in [4.69, 9.17) is 20.9 Å². The van der Waals surface area contributed by atoms with Crippen molar-refractivity contribution in [1.82, 2.24) is 9.80 Å². The molecule has 1 saturated heterocycles. The molecule has 8 nitrogen and oxygen atoms in total. The van der Waals surface area contributed by atoms with E-state index < -0.39 is 12.1 Å². The zero-order chi connectivity index (χ0) is 21.1. The van der Waals surface area contributed by atoms with Crippen molar-refractivity contribution in [2.75, 3.05) is 52.6 Å². The van der Waals surface area contributed by atoms with E-state index in [9.17, 15) is 9.59 Å². The van der Waals surface area contributed by atoms with Crippen molar-refractivity contribution in [2.45, 2.75) is 52.6 Å². The van der Waals surface area contributed by atoms with Crippen molar-refractivity contribution in [1.29, 1.82) is 0 Å². The summed E-state index contributed by atoms with van der Waals surface area (Å²) in [5.41, 5.74) is 12.2. The standard InChI is InChI=1S/C20H40N4O4/c1-5-15(3)17(21)19(25)23-7-11-27-13-9-24(10-14-28-12-8-23)20(26)18(22)16(4)6-2/h15-18H,5-14,21-22H2,1-4H3/t15-,16-,17-,18+/m0/s1. The first-order valence-electron chi connectivity index (χ1n) is 10.6. The van der Waals surface area contributed by atoms with Crippen LogP contribution >= 0.6 is 0 Å². The number of carbonyl (C=O) groups is 2. The molecule has 0 spiro atoms. The van der Waals surface area contributed by atoms with E-state index in [1.165, 1.54) is 0 Å². The second-order valence-corrected chi connectivity index (χ2v) is 7.70. The molecule has 8 heteroatoms. The SMILES string of the molecule is CC[C@H](C)[C@H](N)C(=O)N1CCOCCN(C(=O)[C@H](N)[C@@H](C)CC)CCOCC1. The first-order chi connectivity index (χ1) is 13.3. The Hall–Kier alpha value is -1.22. The molecule has 0 aliphatic carbocycles. The van der Waals surface area contributed by atoms with Crippen LogP contribution in [0.25, 0.3) is 0 Å². The van der Waals surface area contributed by atoms with E-state index in [-0.39, 0.29) is 23.7 Å². The van der Waals surface area contributed by atoms with Crippen LogP contribution < -0.4 is 11.5 Å². The molecule has 1 heterocycles. The first-order valence-corrected chi connectivity index (χ1v) is 10.6. The smallest absolute Gasteiger partial charge is 0.239 e. The Morgan fingerprint density at radius 1 is 0.750 bits per heavy atom. The second-order valence-electron chi connectivity index (χ2n) is 7.70. The van der Waals surface area contributed by atoms with Crippen LogP contribution in [-0.2, 0) is 19.1 Å². The predicted octanol–water partition coefficient (Wildman–Crippen LogP) is 0.437. The third-order valence-corrected chi connectivity index (χ3v) is 5.73. The summed E-state index contributed by atoms with van der Waals surface area (Å²) < 4.78 is 11.4. The number of hydrogen-bond donors (Lipinski definition) is 2. The van der Waals surface area contributed by atoms with Crippen LogP contribution in [0.2, 0.25) is 0 Å². The molecule has 2 amide bonds. The fourth-order valence-electron chi connectivity index (χ4n) is 2.98. The highest BCUT2D eigenvalue weighted by Crippen LogP contribution is 2.10. The lowest BCUT2D eigenvalue weighted by Crippen LogP contribution is -2.50. The van der Waals surface area contributed by atoms with E-state index >= 15 is 0 Å². The van der Waals surface area contributed by atoms with Gasteiger partial charge in [-0.2, -0.15) is 0 Å². The minimum atomic E-state index is -0.506. The quantitative estimate of drug-likeness (QED) is 0.669. The maximum Gasteiger partial charge on any atom is 0.239 e. The summed E-state index contributed by atoms with van der Waals surface area (Å²) in [6, 6.07) is -1.01. The molecule has 0 radical (unpaired) electrons. The van der Waals surface area contributed by atoms with Crippen molar-refractivity contribution in [2.24, 2.45) is 23.3 Å². The highest BCUT2D eigenvalue weighted by molar-refractivity contribution is 5.82. The maximum absolute atomic E-state index is 12.6. The highest BCUT2D eigenvalue weighted by Gasteiger charge is 2.26. The summed E-state index contributed by atoms with van der Waals surface area (Å²) >= 11 is 0. The first kappa shape index (κ1) is 24.8. The lowest BCUT2D eigenvalue weighted by atomic mass is 9.99. The van der Waals surface area contributed by atoms with Crippen LogP contribution in [0.4, 0.5) is 0 Å². The van der Waals surface area contributed by atoms with Crippen molar-refractivity contribution < 1.29 is 19.1 Å². The Morgan fingerprint density at radius 3 is 1.29 bits per heavy atom. The van der Waals surface area contributed by atoms with E-state index in [1.54, 1.807) is 9.80 Å². The molecule has 4 atom stereocenters. The predicted molar refractivity (Wildman–Crippen MR) is 110 cm³/mol. The molecule has 4 N–H and O–H groups in total. The molecule has 0 aromatic carbocycles. The highest BCUT2D eigenvalue weighted by atomic mass is 16.5. The van der Waals surface area contributed by atoms with Gasteiger partial charge in [0.05, 0.1) is 38.5 Å². The number of amides is 2. The molecular formula is C20H40N4O4. The van der Waals surface area contributed by atoms with E-state index in [0.29, 0.717) is 52.6 Å². The van der Waals surface area contributed by atoms with Gasteiger partial charge in [-0.1, -0.05) is 40.5 Å². The molecule has 1 aliphatic rings. The van der Waals surface area contributed by atoms with Crippen LogP contribution in [0.1, 0.15) is 40.5 Å². The van der Waals surface area contributed by atoms with Gasteiger partial charge in [-0.25, -0.2) is 0 Å². The fourth-order valence-corrected chi connectivity index (χ4v) is 2.98. The molecule has 0 aromatic heterocycles. The average Bonchev–Trinajstić information content (AvgIpc) is 2.70. The topological polar surface area (TPSA) is 111 Å². The molecule has 0 bridgehead atoms. The molecule has 1 rings (SSSR count). The third kappa shape index (κ3) is 7.66. The van der Waals surface area contributed by atoms with Crippen LogP contribution in [-0.4, -0.2) is 86.3 Å². The van der Waals surface area contributed by atoms with Gasteiger partial charge >= 0.3 is 0 Å². The normalized spacial score (nSPS) is 21.8. The lowest BCUT2D eigenvalue weighted by Gasteiger charge is -2.30. The van der Waals surface area contributed by atoms with Crippen LogP contribution in [0, 0.1) is 11.8 Å². The summed E-state index contributed by atoms with van der Waals surface area (Å²) in [7, 11) is 0. The van der Waals surface area contributed by atoms with E-state index in [0.717, 1.165) is 12.8 Å². The third-order valence-electron chi connectivity index (χ3n) is 5.73. The Kier molecular flexibility index (Phi) is 11.6. The zero-order valence-electron chi connectivity index (χ0n) is 18.1. The minimum Gasteiger partial charge on any atom is -0.378 e. The molecule has 0 saturated carbocycles. The number of rotatable bonds is 6. The summed E-state index contributed by atoms with van der Waals surface area (Å²) in [5, 5.41) is 0. The largest absolute Gasteiger partial charge is 0.378 e. The van der Waals surface area contributed by atoms with Gasteiger partial charge in [0.15, 0.2) is 0 Å². The van der Waals surface area contributed by atoms with Crippen molar-refractivity contribution >= 4 is 11.8 Å². The Balaban J connectivity index is 2.61. The average molecular weight is 401 g/mol. The summed E-state index contributed by atoms with van der Waals surface area (Å²) in [4.78, 5) is 28.7. The summed E-state index contributed by atoms with van der Waals surface area (Å²) in [6.07, 6.45) is 1.72. The van der Waals surface area contributed by atoms with Crippen LogP contribution in [0.3, 0.4) is 0 Å². The number of nitrogens with zero attached hydrogens (tertiary/aromatic N) is 2. The second kappa shape index (κ2) is 13.1. The maximum atomic E-state index is 12.6. The van der Waals surface area contributed by atoms with E-state index in [1.807, 2.05) is 27.7 Å². The molecule has 1 fully saturated rings. The van der Waals surface area contributed by atoms with Crippen molar-refractivity contribution in [3.63, 3.8) is 0 Å². The summed E-state index contributed by atoms with van der Waals surface area (Å²) in [5.74, 6) is 0.139. The van der Waals surface area contributed by atoms with Gasteiger partial charge in [0.1, 0.15) is 0 Å². The van der Waals surface area contributed by atoms with Gasteiger partial charge < -0.3 is 30.7 Å². The Morgan fingerprint density at radius 2 is 1.04 bits per heavy atom. The number of carbonyl (C=O) groups excluding carboxylic acids is 2. The molecular weight excluding hydrogens is 360 g/mol. The minimum absolute atomic E-state index is 0.0602. The van der Waals surface area contributed by atoms with Gasteiger partial charge in [-0.15, -0.1) is 0 Å². The molecule has 0 aromatic rings. The number of nitrogens with two attached hydrogens (primary N) is 2. The molecule has 0 unspecified atom stereocenters. The van der Waals surface area contributed by atoms with E-state index in [2.05, 4.69) is 0 Å². The molecule has 28 heavy (non-hydrogen) atoms. The van der Waals surface area contributed by atoms with Crippen molar-refractivity contribution in [3.8, 4) is 0 Å². The van der Waals surface area contributed by atoms with Gasteiger partial charge in [-0.05, 0) is 11.8 Å². The van der Waals surface area contributed by atoms with Crippen LogP contribution in [0.15, 0.2) is 0 Å². The van der Waals surface area contributed by atoms with Crippen LogP contribution in [0.5, 0.6) is 0 Å². The number of hydrogen-bond acceptors (Lipinski definition) is 6. The van der Waals surface area contributed by atoms with Gasteiger partial charge in [-0.3, -0.25) is 9.59 Å². The molecule has 1 aliphatic heterocycles. The lowest BCUT2D eigenvalue weighted by molar-refractivity contribution is -0.137. The summed E-state index contributed by atoms with van der Waals surface area (Å²) in [6.45, 7) is 11.5. The van der Waals surface area contributed by atoms with Gasteiger partial charge in [0.25, 0.3) is 0 Å². The Labute approximate surface area is 169 Å². The Bertz CT molecular complexity index is 423. The monoisotopic (exact) mass is 400 g/mol. The number of ether oxygens (including phenoxy) is 2. The zero-order valence-corrected chi connectivity index (χ0v) is 18.1. The molecule has 164 valence electrons.